The highest BCUT2D eigenvalue weighted by Crippen LogP contribution is 2.11. The predicted octanol–water partition coefficient (Wildman–Crippen LogP) is 4.86. The third-order valence-electron chi connectivity index (χ3n) is 3.81. The van der Waals surface area contributed by atoms with Crippen molar-refractivity contribution in [1.82, 2.24) is 10.7 Å². The van der Waals surface area contributed by atoms with Gasteiger partial charge in [-0.05, 0) is 42.3 Å². The number of hydrogen-bond acceptors (Lipinski definition) is 4. The quantitative estimate of drug-likeness (QED) is 0.510. The lowest BCUT2D eigenvalue weighted by molar-refractivity contribution is 0.918. The highest BCUT2D eigenvalue weighted by atomic mass is 79.9. The van der Waals surface area contributed by atoms with Gasteiger partial charge in [0.1, 0.15) is 0 Å². The van der Waals surface area contributed by atoms with Crippen molar-refractivity contribution < 1.29 is 0 Å². The summed E-state index contributed by atoms with van der Waals surface area (Å²) >= 11 is 5.94. The molecule has 1 heterocycles. The second-order valence-corrected chi connectivity index (χ2v) is 6.37. The fraction of sp³-hybridized carbons (Fsp3) is 0.143. The maximum atomic E-state index is 5.94. The summed E-state index contributed by atoms with van der Waals surface area (Å²) in [5, 5.41) is 8.31. The van der Waals surface area contributed by atoms with E-state index in [9.17, 15) is 0 Å². The number of rotatable bonds is 5. The first-order chi connectivity index (χ1) is 12.7. The number of aliphatic imine (C=N–C) groups is 1. The molecule has 140 valence electrons. The molecule has 1 aliphatic heterocycles. The summed E-state index contributed by atoms with van der Waals surface area (Å²) in [6.45, 7) is 3.69. The second-order valence-electron chi connectivity index (χ2n) is 5.93. The van der Waals surface area contributed by atoms with E-state index in [4.69, 9.17) is 11.6 Å². The third-order valence-corrected chi connectivity index (χ3v) is 4.06. The fourth-order valence-corrected chi connectivity index (χ4v) is 2.46. The molecule has 6 heteroatoms. The molecule has 0 spiro atoms. The lowest BCUT2D eigenvalue weighted by Gasteiger charge is -2.02. The number of hydrazone groups is 1. The van der Waals surface area contributed by atoms with Gasteiger partial charge in [0.15, 0.2) is 0 Å². The molecule has 0 aromatic heterocycles. The molecule has 2 aromatic rings. The van der Waals surface area contributed by atoms with Crippen LogP contribution in [0.4, 0.5) is 0 Å². The Labute approximate surface area is 175 Å². The van der Waals surface area contributed by atoms with Crippen LogP contribution in [0.1, 0.15) is 16.7 Å². The van der Waals surface area contributed by atoms with Gasteiger partial charge in [-0.1, -0.05) is 65.7 Å². The summed E-state index contributed by atoms with van der Waals surface area (Å²) in [6, 6.07) is 16.0. The molecule has 0 amide bonds. The summed E-state index contributed by atoms with van der Waals surface area (Å²) in [6.07, 6.45) is 7.96. The van der Waals surface area contributed by atoms with Gasteiger partial charge in [-0.3, -0.25) is 0 Å². The Hall–Kier alpha value is -2.37. The zero-order valence-electron chi connectivity index (χ0n) is 15.0. The van der Waals surface area contributed by atoms with Gasteiger partial charge in [0.2, 0.25) is 5.96 Å². The molecule has 0 unspecified atom stereocenters. The van der Waals surface area contributed by atoms with Gasteiger partial charge in [0.05, 0.1) is 12.3 Å². The Balaban J connectivity index is 0.00000261. The summed E-state index contributed by atoms with van der Waals surface area (Å²) in [5.41, 5.74) is 7.19. The molecule has 0 atom stereocenters. The maximum Gasteiger partial charge on any atom is 0.212 e. The molecule has 0 bridgehead atoms. The van der Waals surface area contributed by atoms with Gasteiger partial charge in [-0.25, -0.2) is 10.4 Å². The lowest BCUT2D eigenvalue weighted by Crippen LogP contribution is -2.30. The molecule has 0 aliphatic carbocycles. The Morgan fingerprint density at radius 3 is 2.19 bits per heavy atom. The normalized spacial score (nSPS) is 14.1. The molecule has 3 rings (SSSR count). The third kappa shape index (κ3) is 7.04. The van der Waals surface area contributed by atoms with E-state index in [0.717, 1.165) is 35.0 Å². The van der Waals surface area contributed by atoms with Crippen molar-refractivity contribution in [3.8, 4) is 0 Å². The average molecular weight is 446 g/mol. The molecule has 2 N–H and O–H groups in total. The summed E-state index contributed by atoms with van der Waals surface area (Å²) in [5.74, 6) is 0.700. The van der Waals surface area contributed by atoms with Gasteiger partial charge >= 0.3 is 0 Å². The number of benzene rings is 2. The molecular weight excluding hydrogens is 424 g/mol. The van der Waals surface area contributed by atoms with E-state index in [-0.39, 0.29) is 17.0 Å². The highest BCUT2D eigenvalue weighted by molar-refractivity contribution is 8.93. The van der Waals surface area contributed by atoms with Gasteiger partial charge in [-0.2, -0.15) is 5.10 Å². The van der Waals surface area contributed by atoms with Crippen LogP contribution in [0.25, 0.3) is 12.2 Å². The first kappa shape index (κ1) is 20.9. The van der Waals surface area contributed by atoms with E-state index in [2.05, 4.69) is 52.0 Å². The minimum atomic E-state index is 0. The molecule has 0 radical (unpaired) electrons. The topological polar surface area (TPSA) is 48.8 Å². The van der Waals surface area contributed by atoms with Crippen LogP contribution in [0.2, 0.25) is 5.02 Å². The van der Waals surface area contributed by atoms with E-state index >= 15 is 0 Å². The van der Waals surface area contributed by atoms with Gasteiger partial charge in [0.25, 0.3) is 0 Å². The molecule has 0 fully saturated rings. The zero-order chi connectivity index (χ0) is 18.2. The van der Waals surface area contributed by atoms with Crippen molar-refractivity contribution in [3.05, 3.63) is 82.4 Å². The van der Waals surface area contributed by atoms with Crippen LogP contribution in [0, 0.1) is 6.92 Å². The number of aryl methyl sites for hydroxylation is 1. The monoisotopic (exact) mass is 444 g/mol. The summed E-state index contributed by atoms with van der Waals surface area (Å²) in [7, 11) is 0. The van der Waals surface area contributed by atoms with Crippen molar-refractivity contribution >= 4 is 52.4 Å². The van der Waals surface area contributed by atoms with Crippen molar-refractivity contribution in [3.63, 3.8) is 0 Å². The number of halogens is 2. The zero-order valence-corrected chi connectivity index (χ0v) is 17.5. The van der Waals surface area contributed by atoms with Crippen LogP contribution in [-0.4, -0.2) is 24.8 Å². The number of hydrogen-bond donors (Lipinski definition) is 2. The standard InChI is InChI=1S/C21H21ClN4.BrH/c1-16-2-4-17(5-3-16)8-12-20(25-26-21-23-14-15-24-21)13-9-18-6-10-19(22)11-7-18;/h2-13H,14-15H2,1H3,(H2,23,24,26);1H/b12-8+,13-9+,25-20+;. The lowest BCUT2D eigenvalue weighted by atomic mass is 10.1. The molecule has 2 aromatic carbocycles. The average Bonchev–Trinajstić information content (AvgIpc) is 3.17. The molecular formula is C21H22BrClN4. The Morgan fingerprint density at radius 2 is 1.63 bits per heavy atom. The summed E-state index contributed by atoms with van der Waals surface area (Å²) < 4.78 is 0. The van der Waals surface area contributed by atoms with E-state index in [1.54, 1.807) is 0 Å². The van der Waals surface area contributed by atoms with E-state index in [0.29, 0.717) is 5.96 Å². The number of nitrogens with one attached hydrogen (secondary N) is 2. The van der Waals surface area contributed by atoms with Crippen molar-refractivity contribution in [2.45, 2.75) is 6.92 Å². The molecule has 1 aliphatic rings. The minimum absolute atomic E-state index is 0. The first-order valence-electron chi connectivity index (χ1n) is 8.49. The Morgan fingerprint density at radius 1 is 1.04 bits per heavy atom. The maximum absolute atomic E-state index is 5.94. The SMILES string of the molecule is Br.Cc1ccc(/C=C/C(/C=C/c2ccc(Cl)cc2)=N\NC2=NCCN2)cc1. The van der Waals surface area contributed by atoms with Crippen molar-refractivity contribution in [1.29, 1.82) is 0 Å². The smallest absolute Gasteiger partial charge is 0.212 e. The molecule has 0 saturated carbocycles. The van der Waals surface area contributed by atoms with Crippen LogP contribution in [0.15, 0.2) is 70.8 Å². The van der Waals surface area contributed by atoms with Gasteiger partial charge < -0.3 is 5.32 Å². The highest BCUT2D eigenvalue weighted by Gasteiger charge is 2.02. The molecule has 27 heavy (non-hydrogen) atoms. The van der Waals surface area contributed by atoms with E-state index < -0.39 is 0 Å². The Bertz CT molecular complexity index is 795. The minimum Gasteiger partial charge on any atom is -0.353 e. The molecule has 4 nitrogen and oxygen atoms in total. The van der Waals surface area contributed by atoms with Crippen LogP contribution in [0.3, 0.4) is 0 Å². The van der Waals surface area contributed by atoms with E-state index in [1.165, 1.54) is 5.56 Å². The number of nitrogens with zero attached hydrogens (tertiary/aromatic N) is 2. The van der Waals surface area contributed by atoms with Gasteiger partial charge in [0, 0.05) is 11.6 Å². The fourth-order valence-electron chi connectivity index (χ4n) is 2.34. The van der Waals surface area contributed by atoms with Crippen molar-refractivity contribution in [2.24, 2.45) is 10.1 Å². The molecule has 0 saturated heterocycles. The first-order valence-corrected chi connectivity index (χ1v) is 8.87. The van der Waals surface area contributed by atoms with Crippen LogP contribution >= 0.6 is 28.6 Å². The second kappa shape index (κ2) is 10.7. The van der Waals surface area contributed by atoms with Crippen LogP contribution in [-0.2, 0) is 0 Å². The predicted molar refractivity (Wildman–Crippen MR) is 122 cm³/mol. The van der Waals surface area contributed by atoms with Crippen molar-refractivity contribution in [2.75, 3.05) is 13.1 Å². The number of allylic oxidation sites excluding steroid dienone is 2. The van der Waals surface area contributed by atoms with Crippen LogP contribution < -0.4 is 10.7 Å². The van der Waals surface area contributed by atoms with Gasteiger partial charge in [-0.15, -0.1) is 17.0 Å². The Kier molecular flexibility index (Phi) is 8.30. The van der Waals surface area contributed by atoms with E-state index in [1.807, 2.05) is 48.6 Å². The largest absolute Gasteiger partial charge is 0.353 e. The summed E-state index contributed by atoms with van der Waals surface area (Å²) in [4.78, 5) is 4.29. The number of guanidine groups is 1. The van der Waals surface area contributed by atoms with Crippen LogP contribution in [0.5, 0.6) is 0 Å².